The molecule has 1 aliphatic heterocycles. The minimum atomic E-state index is -0.651. The lowest BCUT2D eigenvalue weighted by Crippen LogP contribution is -2.48. The van der Waals surface area contributed by atoms with Gasteiger partial charge in [0, 0.05) is 17.9 Å². The number of nitrogens with zero attached hydrogens (tertiary/aromatic N) is 1. The van der Waals surface area contributed by atoms with E-state index in [1.54, 1.807) is 60.4 Å². The normalized spacial score (nSPS) is 15.8. The molecule has 1 atom stereocenters. The number of anilines is 1. The number of allylic oxidation sites excluding steroid dienone is 1. The fourth-order valence-corrected chi connectivity index (χ4v) is 3.69. The van der Waals surface area contributed by atoms with E-state index in [0.29, 0.717) is 40.4 Å². The van der Waals surface area contributed by atoms with Gasteiger partial charge in [-0.25, -0.2) is 9.59 Å². The number of hydrogen-bond donors (Lipinski definition) is 2. The summed E-state index contributed by atoms with van der Waals surface area (Å²) in [5.41, 5.74) is 2.64. The molecular formula is C24H27N3O5. The first-order valence-corrected chi connectivity index (χ1v) is 10.3. The molecule has 3 amide bonds. The van der Waals surface area contributed by atoms with Crippen molar-refractivity contribution in [2.75, 3.05) is 26.1 Å². The lowest BCUT2D eigenvalue weighted by Gasteiger charge is -2.35. The molecule has 2 aromatic carbocycles. The van der Waals surface area contributed by atoms with Gasteiger partial charge in [-0.05, 0) is 43.2 Å². The third kappa shape index (κ3) is 4.59. The first-order chi connectivity index (χ1) is 15.4. The molecule has 32 heavy (non-hydrogen) atoms. The minimum absolute atomic E-state index is 0.268. The number of esters is 1. The summed E-state index contributed by atoms with van der Waals surface area (Å²) in [6, 6.07) is 13.0. The van der Waals surface area contributed by atoms with Gasteiger partial charge in [0.15, 0.2) is 0 Å². The molecule has 8 nitrogen and oxygen atoms in total. The average molecular weight is 437 g/mol. The Bertz CT molecular complexity index is 1050. The maximum atomic E-state index is 12.6. The van der Waals surface area contributed by atoms with Crippen molar-refractivity contribution in [2.24, 2.45) is 0 Å². The summed E-state index contributed by atoms with van der Waals surface area (Å²) < 4.78 is 10.2. The Hall–Kier alpha value is -3.81. The molecule has 0 aromatic heterocycles. The first-order valence-electron chi connectivity index (χ1n) is 10.3. The molecule has 8 heteroatoms. The topological polar surface area (TPSA) is 97.0 Å². The molecule has 1 heterocycles. The van der Waals surface area contributed by atoms with Crippen LogP contribution in [0.4, 0.5) is 10.5 Å². The maximum absolute atomic E-state index is 12.6. The molecule has 0 spiro atoms. The molecule has 1 aliphatic rings. The maximum Gasteiger partial charge on any atom is 0.337 e. The molecule has 2 N–H and O–H groups in total. The van der Waals surface area contributed by atoms with Crippen LogP contribution in [0.25, 0.3) is 0 Å². The fourth-order valence-electron chi connectivity index (χ4n) is 3.69. The molecule has 3 rings (SSSR count). The minimum Gasteiger partial charge on any atom is -0.496 e. The smallest absolute Gasteiger partial charge is 0.337 e. The van der Waals surface area contributed by atoms with Crippen LogP contribution in [0, 0.1) is 0 Å². The van der Waals surface area contributed by atoms with Crippen molar-refractivity contribution < 1.29 is 23.9 Å². The number of benzene rings is 2. The number of rotatable bonds is 7. The third-order valence-corrected chi connectivity index (χ3v) is 5.30. The highest BCUT2D eigenvalue weighted by Crippen LogP contribution is 2.32. The molecule has 0 bridgehead atoms. The quantitative estimate of drug-likeness (QED) is 0.641. The van der Waals surface area contributed by atoms with Crippen molar-refractivity contribution >= 4 is 23.6 Å². The van der Waals surface area contributed by atoms with E-state index in [2.05, 4.69) is 10.6 Å². The fraction of sp³-hybridized carbons (Fsp3) is 0.292. The molecule has 0 aliphatic carbocycles. The molecule has 0 saturated heterocycles. The van der Waals surface area contributed by atoms with E-state index in [0.717, 1.165) is 6.42 Å². The van der Waals surface area contributed by atoms with Crippen LogP contribution in [0.15, 0.2) is 59.8 Å². The van der Waals surface area contributed by atoms with Crippen molar-refractivity contribution in [3.8, 4) is 5.75 Å². The number of amides is 3. The van der Waals surface area contributed by atoms with Gasteiger partial charge in [-0.2, -0.15) is 0 Å². The summed E-state index contributed by atoms with van der Waals surface area (Å²) in [5.74, 6) is -0.323. The van der Waals surface area contributed by atoms with Gasteiger partial charge in [-0.15, -0.1) is 0 Å². The van der Waals surface area contributed by atoms with Crippen LogP contribution in [-0.2, 0) is 9.53 Å². The van der Waals surface area contributed by atoms with Gasteiger partial charge in [0.05, 0.1) is 31.4 Å². The van der Waals surface area contributed by atoms with Crippen LogP contribution in [-0.4, -0.2) is 43.6 Å². The highest BCUT2D eigenvalue weighted by molar-refractivity contribution is 6.06. The lowest BCUT2D eigenvalue weighted by molar-refractivity contribution is -0.136. The van der Waals surface area contributed by atoms with Gasteiger partial charge in [0.25, 0.3) is 5.91 Å². The second kappa shape index (κ2) is 10.00. The van der Waals surface area contributed by atoms with Crippen molar-refractivity contribution in [1.29, 1.82) is 0 Å². The molecule has 0 saturated carbocycles. The van der Waals surface area contributed by atoms with Crippen LogP contribution in [0.2, 0.25) is 0 Å². The van der Waals surface area contributed by atoms with Crippen molar-refractivity contribution in [2.45, 2.75) is 26.3 Å². The predicted octanol–water partition coefficient (Wildman–Crippen LogP) is 3.87. The molecule has 1 unspecified atom stereocenters. The summed E-state index contributed by atoms with van der Waals surface area (Å²) in [6.07, 6.45) is 0.754. The Morgan fingerprint density at radius 1 is 1.09 bits per heavy atom. The van der Waals surface area contributed by atoms with Gasteiger partial charge in [0.2, 0.25) is 0 Å². The van der Waals surface area contributed by atoms with Crippen molar-refractivity contribution in [3.05, 3.63) is 70.9 Å². The second-order valence-corrected chi connectivity index (χ2v) is 7.30. The van der Waals surface area contributed by atoms with Crippen LogP contribution in [0.3, 0.4) is 0 Å². The van der Waals surface area contributed by atoms with Crippen LogP contribution >= 0.6 is 0 Å². The van der Waals surface area contributed by atoms with Gasteiger partial charge >= 0.3 is 12.0 Å². The zero-order chi connectivity index (χ0) is 23.3. The van der Waals surface area contributed by atoms with E-state index in [1.165, 1.54) is 14.2 Å². The summed E-state index contributed by atoms with van der Waals surface area (Å²) in [7, 11) is 2.83. The predicted molar refractivity (Wildman–Crippen MR) is 120 cm³/mol. The first kappa shape index (κ1) is 22.9. The monoisotopic (exact) mass is 437 g/mol. The number of methoxy groups -OCH3 is 2. The van der Waals surface area contributed by atoms with Gasteiger partial charge in [-0.3, -0.25) is 9.69 Å². The number of para-hydroxylation sites is 1. The van der Waals surface area contributed by atoms with E-state index >= 15 is 0 Å². The van der Waals surface area contributed by atoms with Crippen LogP contribution < -0.4 is 15.4 Å². The zero-order valence-corrected chi connectivity index (χ0v) is 18.6. The summed E-state index contributed by atoms with van der Waals surface area (Å²) in [5, 5.41) is 5.72. The standard InChI is InChI=1S/C24H27N3O5/c1-5-14-27-15(2)20(23(29)32-4)21(26-24(27)30)16-10-12-17(13-11-16)25-22(28)18-8-6-7-9-19(18)31-3/h6-13,21H,5,14H2,1-4H3,(H,25,28)(H,26,30). The Morgan fingerprint density at radius 2 is 1.78 bits per heavy atom. The number of ether oxygens (including phenoxy) is 2. The van der Waals surface area contributed by atoms with Crippen LogP contribution in [0.5, 0.6) is 5.75 Å². The van der Waals surface area contributed by atoms with Crippen molar-refractivity contribution in [1.82, 2.24) is 10.2 Å². The SMILES string of the molecule is CCCN1C(=O)NC(c2ccc(NC(=O)c3ccccc3OC)cc2)C(C(=O)OC)=C1C. The molecule has 168 valence electrons. The van der Waals surface area contributed by atoms with Gasteiger partial charge in [0.1, 0.15) is 5.75 Å². The van der Waals surface area contributed by atoms with E-state index in [4.69, 9.17) is 9.47 Å². The highest BCUT2D eigenvalue weighted by Gasteiger charge is 2.35. The van der Waals surface area contributed by atoms with E-state index in [-0.39, 0.29) is 11.9 Å². The van der Waals surface area contributed by atoms with E-state index < -0.39 is 12.0 Å². The third-order valence-electron chi connectivity index (χ3n) is 5.30. The average Bonchev–Trinajstić information content (AvgIpc) is 2.81. The highest BCUT2D eigenvalue weighted by atomic mass is 16.5. The summed E-state index contributed by atoms with van der Waals surface area (Å²) in [4.78, 5) is 39.3. The zero-order valence-electron chi connectivity index (χ0n) is 18.6. The Balaban J connectivity index is 1.86. The number of hydrogen-bond acceptors (Lipinski definition) is 5. The Kier molecular flexibility index (Phi) is 7.14. The number of carbonyl (C=O) groups excluding carboxylic acids is 3. The number of nitrogens with one attached hydrogen (secondary N) is 2. The van der Waals surface area contributed by atoms with Gasteiger partial charge in [-0.1, -0.05) is 31.2 Å². The molecule has 0 radical (unpaired) electrons. The Morgan fingerprint density at radius 3 is 2.41 bits per heavy atom. The number of urea groups is 1. The van der Waals surface area contributed by atoms with E-state index in [1.807, 2.05) is 6.92 Å². The van der Waals surface area contributed by atoms with Crippen LogP contribution in [0.1, 0.15) is 42.2 Å². The molecule has 0 fully saturated rings. The molecule has 2 aromatic rings. The second-order valence-electron chi connectivity index (χ2n) is 7.30. The number of carbonyl (C=O) groups is 3. The summed E-state index contributed by atoms with van der Waals surface area (Å²) >= 11 is 0. The van der Waals surface area contributed by atoms with Crippen molar-refractivity contribution in [3.63, 3.8) is 0 Å². The largest absolute Gasteiger partial charge is 0.496 e. The lowest BCUT2D eigenvalue weighted by atomic mass is 9.94. The van der Waals surface area contributed by atoms with Gasteiger partial charge < -0.3 is 20.1 Å². The molecular weight excluding hydrogens is 410 g/mol. The van der Waals surface area contributed by atoms with E-state index in [9.17, 15) is 14.4 Å². The Labute approximate surface area is 187 Å². The summed E-state index contributed by atoms with van der Waals surface area (Å²) in [6.45, 7) is 4.21.